The fourth-order valence-electron chi connectivity index (χ4n) is 4.36. The second-order valence-corrected chi connectivity index (χ2v) is 10.9. The summed E-state index contributed by atoms with van der Waals surface area (Å²) >= 11 is 0. The lowest BCUT2D eigenvalue weighted by atomic mass is 9.93. The highest BCUT2D eigenvalue weighted by Crippen LogP contribution is 2.41. The third kappa shape index (κ3) is 8.41. The molecule has 0 amide bonds. The molecule has 0 aliphatic heterocycles. The molecule has 0 heterocycles. The topological polar surface area (TPSA) is 60.7 Å². The van der Waals surface area contributed by atoms with Gasteiger partial charge in [0.05, 0.1) is 5.60 Å². The maximum absolute atomic E-state index is 10.9. The van der Waals surface area contributed by atoms with Crippen molar-refractivity contribution in [2.45, 2.75) is 99.5 Å². The van der Waals surface area contributed by atoms with Crippen molar-refractivity contribution in [3.63, 3.8) is 0 Å². The average molecular weight is 491 g/mol. The van der Waals surface area contributed by atoms with E-state index in [-0.39, 0.29) is 11.5 Å². The lowest BCUT2D eigenvalue weighted by Crippen LogP contribution is -2.19. The Hall–Kier alpha value is -2.78. The van der Waals surface area contributed by atoms with Crippen LogP contribution in [0.25, 0.3) is 16.8 Å². The molecular formula is C33H46O3. The Morgan fingerprint density at radius 2 is 1.28 bits per heavy atom. The minimum atomic E-state index is -1.02. The lowest BCUT2D eigenvalue weighted by Gasteiger charge is -2.19. The van der Waals surface area contributed by atoms with Crippen LogP contribution in [0.4, 0.5) is 0 Å². The SMILES string of the molecule is CC(C)=CCCC(C)=CCCC(C)=CCCC(C)(O)C=Cc1c(C)c(O)c2cc(C)c(C)cc2c1O. The molecule has 3 heteroatoms. The van der Waals surface area contributed by atoms with Gasteiger partial charge in [-0.2, -0.15) is 0 Å². The first-order valence-electron chi connectivity index (χ1n) is 13.1. The van der Waals surface area contributed by atoms with Crippen molar-refractivity contribution in [3.8, 4) is 11.5 Å². The largest absolute Gasteiger partial charge is 0.507 e. The van der Waals surface area contributed by atoms with Gasteiger partial charge in [0.2, 0.25) is 0 Å². The van der Waals surface area contributed by atoms with Crippen LogP contribution >= 0.6 is 0 Å². The Kier molecular flexibility index (Phi) is 10.6. The van der Waals surface area contributed by atoms with Crippen LogP contribution in [-0.2, 0) is 0 Å². The summed E-state index contributed by atoms with van der Waals surface area (Å²) in [6.07, 6.45) is 16.0. The molecule has 1 atom stereocenters. The summed E-state index contributed by atoms with van der Waals surface area (Å²) < 4.78 is 0. The van der Waals surface area contributed by atoms with Crippen molar-refractivity contribution in [1.29, 1.82) is 0 Å². The summed E-state index contributed by atoms with van der Waals surface area (Å²) in [5, 5.41) is 33.9. The van der Waals surface area contributed by atoms with Crippen LogP contribution < -0.4 is 0 Å². The molecule has 2 rings (SSSR count). The van der Waals surface area contributed by atoms with E-state index in [1.165, 1.54) is 16.7 Å². The zero-order valence-electron chi connectivity index (χ0n) is 23.6. The van der Waals surface area contributed by atoms with Crippen molar-refractivity contribution in [3.05, 3.63) is 75.4 Å². The van der Waals surface area contributed by atoms with E-state index in [2.05, 4.69) is 45.9 Å². The van der Waals surface area contributed by atoms with Gasteiger partial charge in [-0.3, -0.25) is 0 Å². The van der Waals surface area contributed by atoms with Crippen molar-refractivity contribution in [2.75, 3.05) is 0 Å². The molecule has 0 saturated carbocycles. The van der Waals surface area contributed by atoms with E-state index in [4.69, 9.17) is 0 Å². The average Bonchev–Trinajstić information content (AvgIpc) is 2.78. The van der Waals surface area contributed by atoms with Crippen LogP contribution in [0.15, 0.2) is 53.2 Å². The number of aryl methyl sites for hydroxylation is 2. The minimum Gasteiger partial charge on any atom is -0.507 e. The number of aliphatic hydroxyl groups is 1. The number of phenols is 2. The first-order valence-corrected chi connectivity index (χ1v) is 13.1. The highest BCUT2D eigenvalue weighted by molar-refractivity contribution is 5.98. The van der Waals surface area contributed by atoms with E-state index >= 15 is 0 Å². The summed E-state index contributed by atoms with van der Waals surface area (Å²) in [4.78, 5) is 0. The molecule has 0 bridgehead atoms. The molecule has 0 aliphatic rings. The molecule has 2 aromatic rings. The van der Waals surface area contributed by atoms with Gasteiger partial charge in [-0.1, -0.05) is 47.1 Å². The summed E-state index contributed by atoms with van der Waals surface area (Å²) in [5.41, 5.74) is 6.40. The molecule has 0 radical (unpaired) electrons. The number of aromatic hydroxyl groups is 2. The van der Waals surface area contributed by atoms with Crippen LogP contribution in [0.3, 0.4) is 0 Å². The Labute approximate surface area is 218 Å². The summed E-state index contributed by atoms with van der Waals surface area (Å²) in [6, 6.07) is 3.81. The number of rotatable bonds is 11. The quantitative estimate of drug-likeness (QED) is 0.217. The van der Waals surface area contributed by atoms with Gasteiger partial charge in [-0.15, -0.1) is 0 Å². The summed E-state index contributed by atoms with van der Waals surface area (Å²) in [7, 11) is 0. The van der Waals surface area contributed by atoms with Crippen LogP contribution in [0.1, 0.15) is 95.4 Å². The van der Waals surface area contributed by atoms with Gasteiger partial charge in [-0.25, -0.2) is 0 Å². The first-order chi connectivity index (χ1) is 16.8. The van der Waals surface area contributed by atoms with E-state index in [1.54, 1.807) is 26.0 Å². The Morgan fingerprint density at radius 3 is 1.83 bits per heavy atom. The van der Waals surface area contributed by atoms with Gasteiger partial charge < -0.3 is 15.3 Å². The van der Waals surface area contributed by atoms with Gasteiger partial charge in [0.25, 0.3) is 0 Å². The van der Waals surface area contributed by atoms with E-state index in [1.807, 2.05) is 26.0 Å². The van der Waals surface area contributed by atoms with E-state index in [0.717, 1.165) is 43.2 Å². The number of hydrogen-bond donors (Lipinski definition) is 3. The maximum Gasteiger partial charge on any atom is 0.131 e. The van der Waals surface area contributed by atoms with Crippen LogP contribution in [0.5, 0.6) is 11.5 Å². The molecule has 0 saturated heterocycles. The lowest BCUT2D eigenvalue weighted by molar-refractivity contribution is 0.104. The van der Waals surface area contributed by atoms with Crippen molar-refractivity contribution in [2.24, 2.45) is 0 Å². The number of phenolic OH excluding ortho intramolecular Hbond substituents is 2. The van der Waals surface area contributed by atoms with Crippen molar-refractivity contribution < 1.29 is 15.3 Å². The molecular weight excluding hydrogens is 444 g/mol. The number of benzene rings is 2. The Bertz CT molecular complexity index is 1190. The zero-order valence-corrected chi connectivity index (χ0v) is 23.6. The molecule has 0 fully saturated rings. The molecule has 2 aromatic carbocycles. The molecule has 196 valence electrons. The zero-order chi connectivity index (χ0) is 27.0. The van der Waals surface area contributed by atoms with E-state index in [0.29, 0.717) is 28.3 Å². The van der Waals surface area contributed by atoms with Gasteiger partial charge in [0.15, 0.2) is 0 Å². The highest BCUT2D eigenvalue weighted by Gasteiger charge is 2.19. The van der Waals surface area contributed by atoms with Crippen LogP contribution in [0.2, 0.25) is 0 Å². The van der Waals surface area contributed by atoms with Gasteiger partial charge >= 0.3 is 0 Å². The van der Waals surface area contributed by atoms with E-state index in [9.17, 15) is 15.3 Å². The summed E-state index contributed by atoms with van der Waals surface area (Å²) in [5.74, 6) is 0.306. The Balaban J connectivity index is 2.02. The maximum atomic E-state index is 10.9. The van der Waals surface area contributed by atoms with Gasteiger partial charge in [0.1, 0.15) is 11.5 Å². The third-order valence-corrected chi connectivity index (χ3v) is 7.03. The highest BCUT2D eigenvalue weighted by atomic mass is 16.3. The first kappa shape index (κ1) is 29.5. The standard InChI is InChI=1S/C33H46O3/c1-22(2)12-9-13-23(3)14-10-15-24(4)16-11-18-33(8,36)19-17-28-27(7)31(34)29-20-25(5)26(6)21-30(29)32(28)35/h12,14,16-17,19-21,34-36H,9-11,13,15,18H2,1-8H3. The predicted octanol–water partition coefficient (Wildman–Crippen LogP) is 9.14. The number of allylic oxidation sites excluding steroid dienone is 6. The number of hydrogen-bond acceptors (Lipinski definition) is 3. The molecule has 3 nitrogen and oxygen atoms in total. The van der Waals surface area contributed by atoms with Crippen molar-refractivity contribution in [1.82, 2.24) is 0 Å². The van der Waals surface area contributed by atoms with Crippen LogP contribution in [0, 0.1) is 20.8 Å². The monoisotopic (exact) mass is 490 g/mol. The smallest absolute Gasteiger partial charge is 0.131 e. The second-order valence-electron chi connectivity index (χ2n) is 10.9. The Morgan fingerprint density at radius 1 is 0.778 bits per heavy atom. The normalized spacial score (nSPS) is 14.5. The van der Waals surface area contributed by atoms with Crippen LogP contribution in [-0.4, -0.2) is 20.9 Å². The molecule has 0 spiro atoms. The predicted molar refractivity (Wildman–Crippen MR) is 156 cm³/mol. The number of fused-ring (bicyclic) bond motifs is 1. The minimum absolute atomic E-state index is 0.135. The van der Waals surface area contributed by atoms with Crippen molar-refractivity contribution >= 4 is 16.8 Å². The fraction of sp³-hybridized carbons (Fsp3) is 0.455. The van der Waals surface area contributed by atoms with Gasteiger partial charge in [-0.05, 0) is 117 Å². The summed E-state index contributed by atoms with van der Waals surface area (Å²) in [6.45, 7) is 16.2. The molecule has 0 aromatic heterocycles. The molecule has 3 N–H and O–H groups in total. The van der Waals surface area contributed by atoms with E-state index < -0.39 is 5.60 Å². The third-order valence-electron chi connectivity index (χ3n) is 7.03. The molecule has 36 heavy (non-hydrogen) atoms. The second kappa shape index (κ2) is 13.0. The molecule has 0 aliphatic carbocycles. The molecule has 1 unspecified atom stereocenters. The van der Waals surface area contributed by atoms with Gasteiger partial charge in [0, 0.05) is 21.9 Å². The fourth-order valence-corrected chi connectivity index (χ4v) is 4.36.